The molecule has 0 aliphatic carbocycles. The van der Waals surface area contributed by atoms with Crippen LogP contribution in [0.4, 0.5) is 14.7 Å². The number of anilines is 1. The van der Waals surface area contributed by atoms with E-state index < -0.39 is 6.43 Å². The molecule has 2 aliphatic rings. The summed E-state index contributed by atoms with van der Waals surface area (Å²) < 4.78 is 31.5. The van der Waals surface area contributed by atoms with Crippen LogP contribution in [0, 0.1) is 11.3 Å². The second kappa shape index (κ2) is 10.3. The van der Waals surface area contributed by atoms with Crippen molar-refractivity contribution in [2.75, 3.05) is 38.6 Å². The van der Waals surface area contributed by atoms with Crippen molar-refractivity contribution in [2.24, 2.45) is 0 Å². The van der Waals surface area contributed by atoms with Gasteiger partial charge in [-0.05, 0) is 38.8 Å². The normalized spacial score (nSPS) is 20.7. The summed E-state index contributed by atoms with van der Waals surface area (Å²) in [6.45, 7) is 2.25. The van der Waals surface area contributed by atoms with Gasteiger partial charge >= 0.3 is 0 Å². The van der Waals surface area contributed by atoms with E-state index in [2.05, 4.69) is 16.2 Å². The Bertz CT molecular complexity index is 889. The Morgan fingerprint density at radius 3 is 2.63 bits per heavy atom. The van der Waals surface area contributed by atoms with Crippen molar-refractivity contribution >= 4 is 23.1 Å². The van der Waals surface area contributed by atoms with E-state index in [1.54, 1.807) is 9.42 Å². The summed E-state index contributed by atoms with van der Waals surface area (Å²) in [5.74, 6) is 0.109. The maximum absolute atomic E-state index is 12.5. The Kier molecular flexibility index (Phi) is 7.77. The number of aromatic nitrogens is 3. The second-order valence-electron chi connectivity index (χ2n) is 7.44. The van der Waals surface area contributed by atoms with E-state index in [1.165, 1.54) is 6.20 Å². The maximum Gasteiger partial charge on any atom is 0.251 e. The van der Waals surface area contributed by atoms with Crippen LogP contribution < -0.4 is 5.73 Å². The number of nitrogen functional groups attached to an aromatic ring is 1. The van der Waals surface area contributed by atoms with Gasteiger partial charge in [0.2, 0.25) is 5.95 Å². The highest BCUT2D eigenvalue weighted by Gasteiger charge is 2.29. The van der Waals surface area contributed by atoms with Gasteiger partial charge in [-0.25, -0.2) is 18.3 Å². The molecule has 0 aromatic carbocycles. The Morgan fingerprint density at radius 1 is 1.37 bits per heavy atom. The number of aliphatic hydroxyl groups excluding tert-OH is 1. The first-order chi connectivity index (χ1) is 14.4. The number of likely N-dealkylation sites (tertiary alicyclic amines) is 1. The molecule has 2 fully saturated rings. The van der Waals surface area contributed by atoms with E-state index in [-0.39, 0.29) is 24.5 Å². The highest BCUT2D eigenvalue weighted by Crippen LogP contribution is 2.36. The third kappa shape index (κ3) is 5.35. The summed E-state index contributed by atoms with van der Waals surface area (Å²) in [6, 6.07) is 2.12. The zero-order chi connectivity index (χ0) is 21.7. The Hall–Kier alpha value is -2.06. The minimum atomic E-state index is -2.34. The zero-order valence-electron chi connectivity index (χ0n) is 16.5. The molecule has 4 heterocycles. The number of alkyl halides is 2. The van der Waals surface area contributed by atoms with Gasteiger partial charge in [-0.1, -0.05) is 11.6 Å². The standard InChI is InChI=1S/C14H15ClF2N6.C5H10O2/c15-12-9(5-18)13(23-10(12)6-20-14(19)21-23)8-1-3-22(4-2-8)7-11(16)17;6-5-2-1-3-7-4-5/h6,8,11H,1-4,7H2,(H2,19,21);5-6H,1-4H2. The molecule has 30 heavy (non-hydrogen) atoms. The van der Waals surface area contributed by atoms with Gasteiger partial charge in [0.05, 0.1) is 41.7 Å². The molecule has 0 radical (unpaired) electrons. The van der Waals surface area contributed by atoms with E-state index in [1.807, 2.05) is 0 Å². The van der Waals surface area contributed by atoms with E-state index in [9.17, 15) is 14.0 Å². The highest BCUT2D eigenvalue weighted by atomic mass is 35.5. The van der Waals surface area contributed by atoms with Crippen LogP contribution in [0.3, 0.4) is 0 Å². The smallest absolute Gasteiger partial charge is 0.251 e. The lowest BCUT2D eigenvalue weighted by molar-refractivity contribution is -0.00535. The molecule has 3 N–H and O–H groups in total. The number of nitrogens with zero attached hydrogens (tertiary/aromatic N) is 5. The minimum absolute atomic E-state index is 0.0212. The maximum atomic E-state index is 12.5. The molecule has 1 unspecified atom stereocenters. The van der Waals surface area contributed by atoms with Crippen molar-refractivity contribution in [3.05, 3.63) is 22.5 Å². The van der Waals surface area contributed by atoms with Gasteiger partial charge in [0.1, 0.15) is 11.6 Å². The number of hydrogen-bond donors (Lipinski definition) is 2. The van der Waals surface area contributed by atoms with Crippen LogP contribution in [-0.4, -0.2) is 70.0 Å². The van der Waals surface area contributed by atoms with Gasteiger partial charge in [0.25, 0.3) is 6.43 Å². The quantitative estimate of drug-likeness (QED) is 0.750. The lowest BCUT2D eigenvalue weighted by Gasteiger charge is -2.31. The SMILES string of the molecule is N#Cc1c(Cl)c2cnc(N)nn2c1C1CCN(CC(F)F)CC1.OC1CCCOC1. The molecule has 2 aliphatic heterocycles. The van der Waals surface area contributed by atoms with E-state index >= 15 is 0 Å². The van der Waals surface area contributed by atoms with Gasteiger partial charge < -0.3 is 15.6 Å². The molecule has 2 aromatic rings. The third-order valence-corrected chi connectivity index (χ3v) is 5.68. The van der Waals surface area contributed by atoms with Crippen LogP contribution in [0.15, 0.2) is 6.20 Å². The largest absolute Gasteiger partial charge is 0.391 e. The summed E-state index contributed by atoms with van der Waals surface area (Å²) in [5.41, 5.74) is 7.22. The van der Waals surface area contributed by atoms with Crippen LogP contribution in [0.2, 0.25) is 5.02 Å². The lowest BCUT2D eigenvalue weighted by Crippen LogP contribution is -2.36. The van der Waals surface area contributed by atoms with Gasteiger partial charge in [0, 0.05) is 12.5 Å². The van der Waals surface area contributed by atoms with E-state index in [4.69, 9.17) is 27.2 Å². The first-order valence-corrected chi connectivity index (χ1v) is 10.3. The molecule has 0 saturated carbocycles. The second-order valence-corrected chi connectivity index (χ2v) is 7.81. The van der Waals surface area contributed by atoms with Crippen molar-refractivity contribution in [1.82, 2.24) is 19.5 Å². The summed E-state index contributed by atoms with van der Waals surface area (Å²) in [5, 5.41) is 22.7. The molecule has 164 valence electrons. The number of hydrogen-bond acceptors (Lipinski definition) is 7. The first kappa shape index (κ1) is 22.6. The van der Waals surface area contributed by atoms with Crippen molar-refractivity contribution in [1.29, 1.82) is 5.26 Å². The molecule has 11 heteroatoms. The summed E-state index contributed by atoms with van der Waals surface area (Å²) in [4.78, 5) is 5.64. The van der Waals surface area contributed by atoms with Gasteiger partial charge in [-0.3, -0.25) is 4.90 Å². The first-order valence-electron chi connectivity index (χ1n) is 9.89. The van der Waals surface area contributed by atoms with Crippen LogP contribution in [0.1, 0.15) is 42.9 Å². The summed E-state index contributed by atoms with van der Waals surface area (Å²) in [7, 11) is 0. The third-order valence-electron chi connectivity index (χ3n) is 5.30. The zero-order valence-corrected chi connectivity index (χ0v) is 17.2. The fourth-order valence-corrected chi connectivity index (χ4v) is 4.10. The Balaban J connectivity index is 0.000000310. The molecular formula is C19H25ClF2N6O2. The van der Waals surface area contributed by atoms with Gasteiger partial charge in [-0.2, -0.15) is 5.26 Å². The summed E-state index contributed by atoms with van der Waals surface area (Å²) in [6.07, 6.45) is 2.22. The van der Waals surface area contributed by atoms with Crippen molar-refractivity contribution in [2.45, 2.75) is 44.1 Å². The van der Waals surface area contributed by atoms with E-state index in [0.29, 0.717) is 54.3 Å². The van der Waals surface area contributed by atoms with Crippen LogP contribution >= 0.6 is 11.6 Å². The molecule has 0 bridgehead atoms. The monoisotopic (exact) mass is 442 g/mol. The van der Waals surface area contributed by atoms with Crippen LogP contribution in [0.5, 0.6) is 0 Å². The molecule has 2 aromatic heterocycles. The fourth-order valence-electron chi connectivity index (χ4n) is 3.84. The average Bonchev–Trinajstić information content (AvgIpc) is 3.00. The van der Waals surface area contributed by atoms with Crippen molar-refractivity contribution in [3.63, 3.8) is 0 Å². The Labute approximate surface area is 178 Å². The summed E-state index contributed by atoms with van der Waals surface area (Å²) >= 11 is 6.26. The number of fused-ring (bicyclic) bond motifs is 1. The molecular weight excluding hydrogens is 418 g/mol. The predicted molar refractivity (Wildman–Crippen MR) is 108 cm³/mol. The lowest BCUT2D eigenvalue weighted by atomic mass is 9.91. The van der Waals surface area contributed by atoms with Gasteiger partial charge in [0.15, 0.2) is 0 Å². The Morgan fingerprint density at radius 2 is 2.10 bits per heavy atom. The molecule has 0 amide bonds. The van der Waals surface area contributed by atoms with Crippen molar-refractivity contribution < 1.29 is 18.6 Å². The number of rotatable bonds is 3. The van der Waals surface area contributed by atoms with Crippen molar-refractivity contribution in [3.8, 4) is 6.07 Å². The predicted octanol–water partition coefficient (Wildman–Crippen LogP) is 2.44. The van der Waals surface area contributed by atoms with Crippen LogP contribution in [-0.2, 0) is 4.74 Å². The fraction of sp³-hybridized carbons (Fsp3) is 0.632. The number of piperidine rings is 1. The van der Waals surface area contributed by atoms with Crippen LogP contribution in [0.25, 0.3) is 5.52 Å². The number of nitrogens with two attached hydrogens (primary N) is 1. The minimum Gasteiger partial charge on any atom is -0.391 e. The number of halogens is 3. The molecule has 1 atom stereocenters. The number of aliphatic hydroxyl groups is 1. The number of nitriles is 1. The molecule has 2 saturated heterocycles. The number of ether oxygens (including phenoxy) is 1. The highest BCUT2D eigenvalue weighted by molar-refractivity contribution is 6.35. The molecule has 0 spiro atoms. The topological polar surface area (TPSA) is 113 Å². The molecule has 4 rings (SSSR count). The van der Waals surface area contributed by atoms with Gasteiger partial charge in [-0.15, -0.1) is 5.10 Å². The molecule has 8 nitrogen and oxygen atoms in total. The average molecular weight is 443 g/mol. The van der Waals surface area contributed by atoms with E-state index in [0.717, 1.165) is 19.4 Å².